The maximum absolute atomic E-state index is 13.6. The van der Waals surface area contributed by atoms with Gasteiger partial charge in [-0.2, -0.15) is 23.4 Å². The van der Waals surface area contributed by atoms with E-state index < -0.39 is 18.6 Å². The number of likely N-dealkylation sites (tertiary alicyclic amines) is 1. The summed E-state index contributed by atoms with van der Waals surface area (Å²) in [5.74, 6) is -0.390. The third-order valence-corrected chi connectivity index (χ3v) is 6.73. The zero-order valence-electron chi connectivity index (χ0n) is 21.1. The summed E-state index contributed by atoms with van der Waals surface area (Å²) in [6.07, 6.45) is -2.60. The third kappa shape index (κ3) is 6.04. The van der Waals surface area contributed by atoms with E-state index in [1.807, 2.05) is 12.1 Å². The summed E-state index contributed by atoms with van der Waals surface area (Å²) in [6, 6.07) is 15.2. The molecule has 12 heteroatoms. The molecule has 1 aliphatic rings. The molecule has 1 saturated heterocycles. The Morgan fingerprint density at radius 2 is 1.92 bits per heavy atom. The first-order chi connectivity index (χ1) is 18.7. The number of carbonyl (C=O) groups excluding carboxylic acids is 1. The predicted octanol–water partition coefficient (Wildman–Crippen LogP) is 4.56. The highest BCUT2D eigenvalue weighted by molar-refractivity contribution is 5.96. The highest BCUT2D eigenvalue weighted by atomic mass is 19.4. The molecule has 0 saturated carbocycles. The van der Waals surface area contributed by atoms with Crippen LogP contribution in [0.3, 0.4) is 0 Å². The lowest BCUT2D eigenvalue weighted by Crippen LogP contribution is -2.36. The van der Waals surface area contributed by atoms with Crippen LogP contribution in [0.25, 0.3) is 22.4 Å². The van der Waals surface area contributed by atoms with E-state index in [1.165, 1.54) is 24.3 Å². The molecule has 0 atom stereocenters. The number of hydrogen-bond acceptors (Lipinski definition) is 7. The van der Waals surface area contributed by atoms with Gasteiger partial charge in [0.1, 0.15) is 6.54 Å². The standard InChI is InChI=1S/C27H26F3N7O2/c1-36-11-9-19(10-12-36)33-21-3-2-4-22-20(21)13-23(37(22)16-27(28,29)30)25-34-24(39-35-25)15-32-26(38)18-7-5-17(14-31)6-8-18/h2-8,13,19,33H,9-12,15-16H2,1H3,(H,32,38). The molecule has 2 aromatic carbocycles. The van der Waals surface area contributed by atoms with Crippen molar-refractivity contribution in [2.75, 3.05) is 25.5 Å². The second-order valence-electron chi connectivity index (χ2n) is 9.57. The third-order valence-electron chi connectivity index (χ3n) is 6.73. The lowest BCUT2D eigenvalue weighted by atomic mass is 10.0. The second kappa shape index (κ2) is 10.8. The summed E-state index contributed by atoms with van der Waals surface area (Å²) in [5.41, 5.74) is 2.08. The van der Waals surface area contributed by atoms with Crippen LogP contribution in [0.1, 0.15) is 34.7 Å². The summed E-state index contributed by atoms with van der Waals surface area (Å²) in [6.45, 7) is 0.555. The maximum atomic E-state index is 13.6. The summed E-state index contributed by atoms with van der Waals surface area (Å²) in [5, 5.41) is 19.6. The Kier molecular flexibility index (Phi) is 7.26. The van der Waals surface area contributed by atoms with Crippen LogP contribution in [-0.4, -0.2) is 57.9 Å². The molecule has 2 aromatic heterocycles. The molecular weight excluding hydrogens is 511 g/mol. The minimum atomic E-state index is -4.47. The Morgan fingerprint density at radius 1 is 1.18 bits per heavy atom. The molecule has 0 aliphatic carbocycles. The molecule has 4 aromatic rings. The van der Waals surface area contributed by atoms with Crippen molar-refractivity contribution in [3.05, 3.63) is 65.5 Å². The molecule has 9 nitrogen and oxygen atoms in total. The van der Waals surface area contributed by atoms with Crippen molar-refractivity contribution in [1.82, 2.24) is 24.9 Å². The van der Waals surface area contributed by atoms with Crippen molar-refractivity contribution < 1.29 is 22.5 Å². The predicted molar refractivity (Wildman–Crippen MR) is 138 cm³/mol. The number of anilines is 1. The maximum Gasteiger partial charge on any atom is 0.406 e. The molecule has 1 amide bonds. The van der Waals surface area contributed by atoms with Gasteiger partial charge in [0.15, 0.2) is 0 Å². The van der Waals surface area contributed by atoms with Crippen LogP contribution in [0.4, 0.5) is 18.9 Å². The number of rotatable bonds is 7. The van der Waals surface area contributed by atoms with Gasteiger partial charge in [0.25, 0.3) is 5.91 Å². The molecular formula is C27H26F3N7O2. The summed E-state index contributed by atoms with van der Waals surface area (Å²) in [7, 11) is 2.07. The summed E-state index contributed by atoms with van der Waals surface area (Å²) in [4.78, 5) is 18.9. The van der Waals surface area contributed by atoms with E-state index in [4.69, 9.17) is 9.78 Å². The summed E-state index contributed by atoms with van der Waals surface area (Å²) < 4.78 is 47.2. The van der Waals surface area contributed by atoms with Crippen LogP contribution >= 0.6 is 0 Å². The molecule has 0 radical (unpaired) electrons. The zero-order chi connectivity index (χ0) is 27.6. The number of fused-ring (bicyclic) bond motifs is 1. The van der Waals surface area contributed by atoms with Crippen LogP contribution < -0.4 is 10.6 Å². The number of hydrogen-bond donors (Lipinski definition) is 2. The van der Waals surface area contributed by atoms with Gasteiger partial charge in [0.2, 0.25) is 11.7 Å². The van der Waals surface area contributed by atoms with Crippen LogP contribution in [0.15, 0.2) is 53.1 Å². The van der Waals surface area contributed by atoms with Gasteiger partial charge in [-0.1, -0.05) is 11.2 Å². The lowest BCUT2D eigenvalue weighted by molar-refractivity contribution is -0.139. The van der Waals surface area contributed by atoms with Gasteiger partial charge in [-0.05, 0) is 75.4 Å². The van der Waals surface area contributed by atoms with Gasteiger partial charge in [-0.15, -0.1) is 0 Å². The number of aromatic nitrogens is 3. The Labute approximate surface area is 222 Å². The smallest absolute Gasteiger partial charge is 0.382 e. The SMILES string of the molecule is CN1CCC(Nc2cccc3c2cc(-c2noc(CNC(=O)c4ccc(C#N)cc4)n2)n3CC(F)(F)F)CC1. The first-order valence-corrected chi connectivity index (χ1v) is 12.5. The number of piperidine rings is 1. The average molecular weight is 538 g/mol. The van der Waals surface area contributed by atoms with Crippen LogP contribution in [-0.2, 0) is 13.1 Å². The quantitative estimate of drug-likeness (QED) is 0.355. The number of nitrogens with zero attached hydrogens (tertiary/aromatic N) is 5. The second-order valence-corrected chi connectivity index (χ2v) is 9.57. The number of amides is 1. The lowest BCUT2D eigenvalue weighted by Gasteiger charge is -2.30. The van der Waals surface area contributed by atoms with Crippen LogP contribution in [0.5, 0.6) is 0 Å². The molecule has 0 bridgehead atoms. The van der Waals surface area contributed by atoms with Crippen molar-refractivity contribution in [2.45, 2.75) is 38.1 Å². The fraction of sp³-hybridized carbons (Fsp3) is 0.333. The number of benzene rings is 2. The molecule has 0 spiro atoms. The average Bonchev–Trinajstić information content (AvgIpc) is 3.53. The minimum Gasteiger partial charge on any atom is -0.382 e. The van der Waals surface area contributed by atoms with E-state index in [-0.39, 0.29) is 30.0 Å². The molecule has 202 valence electrons. The van der Waals surface area contributed by atoms with Gasteiger partial charge in [0, 0.05) is 22.7 Å². The number of nitrogens with one attached hydrogen (secondary N) is 2. The van der Waals surface area contributed by atoms with Gasteiger partial charge >= 0.3 is 6.18 Å². The highest BCUT2D eigenvalue weighted by Gasteiger charge is 2.31. The number of nitriles is 1. The topological polar surface area (TPSA) is 112 Å². The van der Waals surface area contributed by atoms with E-state index in [2.05, 4.69) is 32.7 Å². The Balaban J connectivity index is 1.40. The van der Waals surface area contributed by atoms with Gasteiger partial charge in [0.05, 0.1) is 29.4 Å². The van der Waals surface area contributed by atoms with E-state index in [0.717, 1.165) is 36.2 Å². The minimum absolute atomic E-state index is 0.0108. The largest absolute Gasteiger partial charge is 0.406 e. The van der Waals surface area contributed by atoms with Crippen molar-refractivity contribution in [3.8, 4) is 17.6 Å². The Hall–Kier alpha value is -4.37. The summed E-state index contributed by atoms with van der Waals surface area (Å²) >= 11 is 0. The van der Waals surface area contributed by atoms with Crippen molar-refractivity contribution in [2.24, 2.45) is 0 Å². The van der Waals surface area contributed by atoms with Crippen molar-refractivity contribution >= 4 is 22.5 Å². The fourth-order valence-electron chi connectivity index (χ4n) is 4.70. The molecule has 5 rings (SSSR count). The van der Waals surface area contributed by atoms with E-state index in [9.17, 15) is 18.0 Å². The van der Waals surface area contributed by atoms with Crippen molar-refractivity contribution in [3.63, 3.8) is 0 Å². The molecule has 2 N–H and O–H groups in total. The van der Waals surface area contributed by atoms with Gasteiger partial charge in [-0.25, -0.2) is 0 Å². The van der Waals surface area contributed by atoms with Crippen LogP contribution in [0.2, 0.25) is 0 Å². The normalized spacial score (nSPS) is 14.8. The first-order valence-electron chi connectivity index (χ1n) is 12.5. The number of carbonyl (C=O) groups is 1. The van der Waals surface area contributed by atoms with E-state index in [0.29, 0.717) is 22.0 Å². The van der Waals surface area contributed by atoms with Gasteiger partial charge in [-0.3, -0.25) is 4.79 Å². The highest BCUT2D eigenvalue weighted by Crippen LogP contribution is 2.34. The number of halogens is 3. The fourth-order valence-corrected chi connectivity index (χ4v) is 4.70. The van der Waals surface area contributed by atoms with Crippen LogP contribution in [0, 0.1) is 11.3 Å². The first kappa shape index (κ1) is 26.2. The Bertz CT molecular complexity index is 1510. The molecule has 1 fully saturated rings. The molecule has 3 heterocycles. The molecule has 1 aliphatic heterocycles. The monoisotopic (exact) mass is 537 g/mol. The van der Waals surface area contributed by atoms with E-state index >= 15 is 0 Å². The molecule has 0 unspecified atom stereocenters. The zero-order valence-corrected chi connectivity index (χ0v) is 21.1. The molecule has 39 heavy (non-hydrogen) atoms. The van der Waals surface area contributed by atoms with Gasteiger partial charge < -0.3 is 24.6 Å². The number of alkyl halides is 3. The van der Waals surface area contributed by atoms with Crippen molar-refractivity contribution in [1.29, 1.82) is 5.26 Å². The van der Waals surface area contributed by atoms with E-state index in [1.54, 1.807) is 18.2 Å². The Morgan fingerprint density at radius 3 is 2.62 bits per heavy atom.